The smallest absolute Gasteiger partial charge is 0.310 e. The highest BCUT2D eigenvalue weighted by atomic mass is 32.2. The second kappa shape index (κ2) is 8.36. The molecule has 27 heavy (non-hydrogen) atoms. The van der Waals surface area contributed by atoms with E-state index >= 15 is 0 Å². The minimum Gasteiger partial charge on any atom is -0.378 e. The predicted octanol–water partition coefficient (Wildman–Crippen LogP) is 3.16. The first-order chi connectivity index (χ1) is 12.8. The number of para-hydroxylation sites is 1. The number of nitro groups is 1. The maximum absolute atomic E-state index is 12.0. The van der Waals surface area contributed by atoms with E-state index in [4.69, 9.17) is 0 Å². The van der Waals surface area contributed by atoms with Crippen molar-refractivity contribution in [3.8, 4) is 0 Å². The zero-order valence-corrected chi connectivity index (χ0v) is 17.3. The van der Waals surface area contributed by atoms with Gasteiger partial charge in [-0.2, -0.15) is 11.8 Å². The van der Waals surface area contributed by atoms with E-state index in [1.54, 1.807) is 12.1 Å². The molecule has 1 aromatic carbocycles. The normalized spacial score (nSPS) is 20.9. The molecule has 1 aliphatic carbocycles. The Balaban J connectivity index is 1.88. The summed E-state index contributed by atoms with van der Waals surface area (Å²) in [6, 6.07) is 4.48. The van der Waals surface area contributed by atoms with Crippen LogP contribution in [0.15, 0.2) is 23.1 Å². The van der Waals surface area contributed by atoms with Gasteiger partial charge in [0.15, 0.2) is 9.84 Å². The summed E-state index contributed by atoms with van der Waals surface area (Å²) in [4.78, 5) is 13.3. The monoisotopic (exact) mass is 413 g/mol. The third-order valence-corrected chi connectivity index (χ3v) is 7.73. The maximum atomic E-state index is 12.0. The molecule has 0 unspecified atom stereocenters. The van der Waals surface area contributed by atoms with E-state index in [-0.39, 0.29) is 16.1 Å². The van der Waals surface area contributed by atoms with Gasteiger partial charge in [0.1, 0.15) is 10.6 Å². The molecule has 1 N–H and O–H groups in total. The van der Waals surface area contributed by atoms with E-state index in [0.717, 1.165) is 56.5 Å². The van der Waals surface area contributed by atoms with Crippen LogP contribution in [0.1, 0.15) is 32.1 Å². The van der Waals surface area contributed by atoms with Crippen LogP contribution in [0, 0.1) is 10.1 Å². The Morgan fingerprint density at radius 1 is 1.22 bits per heavy atom. The zero-order chi connectivity index (χ0) is 19.5. The van der Waals surface area contributed by atoms with Crippen molar-refractivity contribution in [1.82, 2.24) is 4.90 Å². The molecular weight excluding hydrogens is 386 g/mol. The number of benzene rings is 1. The fourth-order valence-corrected chi connectivity index (χ4v) is 6.03. The van der Waals surface area contributed by atoms with Crippen LogP contribution in [0.5, 0.6) is 0 Å². The van der Waals surface area contributed by atoms with Gasteiger partial charge in [0.2, 0.25) is 0 Å². The lowest BCUT2D eigenvalue weighted by atomic mass is 9.80. The van der Waals surface area contributed by atoms with Crippen LogP contribution < -0.4 is 5.32 Å². The number of sulfone groups is 1. The number of nitrogens with zero attached hydrogens (tertiary/aromatic N) is 2. The molecule has 1 saturated heterocycles. The number of hydrogen-bond acceptors (Lipinski definition) is 7. The van der Waals surface area contributed by atoms with Crippen LogP contribution >= 0.6 is 11.8 Å². The first-order valence-corrected chi connectivity index (χ1v) is 12.4. The van der Waals surface area contributed by atoms with Crippen molar-refractivity contribution in [2.45, 2.75) is 42.5 Å². The van der Waals surface area contributed by atoms with Crippen LogP contribution in [0.4, 0.5) is 11.4 Å². The van der Waals surface area contributed by atoms with Crippen molar-refractivity contribution in [1.29, 1.82) is 0 Å². The molecule has 1 heterocycles. The van der Waals surface area contributed by atoms with E-state index < -0.39 is 14.8 Å². The average Bonchev–Trinajstić information content (AvgIpc) is 2.66. The molecule has 0 atom stereocenters. The van der Waals surface area contributed by atoms with Gasteiger partial charge in [-0.3, -0.25) is 15.0 Å². The van der Waals surface area contributed by atoms with Crippen molar-refractivity contribution in [3.05, 3.63) is 28.3 Å². The summed E-state index contributed by atoms with van der Waals surface area (Å²) in [5, 5.41) is 14.9. The second-order valence-electron chi connectivity index (χ2n) is 7.42. The number of thioether (sulfide) groups is 1. The van der Waals surface area contributed by atoms with E-state index in [1.165, 1.54) is 12.5 Å². The Morgan fingerprint density at radius 2 is 1.89 bits per heavy atom. The topological polar surface area (TPSA) is 92.6 Å². The third kappa shape index (κ3) is 4.57. The highest BCUT2D eigenvalue weighted by molar-refractivity contribution is 7.99. The van der Waals surface area contributed by atoms with Crippen molar-refractivity contribution in [3.63, 3.8) is 0 Å². The van der Waals surface area contributed by atoms with Gasteiger partial charge in [-0.15, -0.1) is 0 Å². The minimum absolute atomic E-state index is 0.00576. The molecule has 0 aromatic heterocycles. The van der Waals surface area contributed by atoms with Crippen molar-refractivity contribution < 1.29 is 13.3 Å². The number of rotatable bonds is 6. The molecule has 0 bridgehead atoms. The predicted molar refractivity (Wildman–Crippen MR) is 109 cm³/mol. The van der Waals surface area contributed by atoms with Gasteiger partial charge < -0.3 is 5.32 Å². The fraction of sp³-hybridized carbons (Fsp3) is 0.667. The van der Waals surface area contributed by atoms with Gasteiger partial charge in [-0.25, -0.2) is 8.42 Å². The summed E-state index contributed by atoms with van der Waals surface area (Å²) < 4.78 is 24.0. The Kier molecular flexibility index (Phi) is 6.32. The molecule has 1 saturated carbocycles. The summed E-state index contributed by atoms with van der Waals surface area (Å²) in [5.41, 5.74) is -0.0619. The van der Waals surface area contributed by atoms with Crippen molar-refractivity contribution >= 4 is 33.0 Å². The molecule has 2 aliphatic rings. The summed E-state index contributed by atoms with van der Waals surface area (Å²) >= 11 is 1.97. The maximum Gasteiger partial charge on any atom is 0.310 e. The van der Waals surface area contributed by atoms with Crippen LogP contribution in [0.3, 0.4) is 0 Å². The lowest BCUT2D eigenvalue weighted by Crippen LogP contribution is -2.57. The van der Waals surface area contributed by atoms with Gasteiger partial charge in [-0.1, -0.05) is 25.3 Å². The molecular formula is C18H27N3O4S2. The first-order valence-electron chi connectivity index (χ1n) is 9.38. The van der Waals surface area contributed by atoms with Crippen LogP contribution in [0.25, 0.3) is 0 Å². The Labute approximate surface area is 165 Å². The molecule has 2 fully saturated rings. The summed E-state index contributed by atoms with van der Waals surface area (Å²) in [7, 11) is -3.67. The Morgan fingerprint density at radius 3 is 2.48 bits per heavy atom. The minimum atomic E-state index is -3.67. The average molecular weight is 414 g/mol. The van der Waals surface area contributed by atoms with E-state index in [1.807, 2.05) is 11.8 Å². The molecule has 0 spiro atoms. The molecule has 7 nitrogen and oxygen atoms in total. The Hall–Kier alpha value is -1.32. The number of hydrogen-bond donors (Lipinski definition) is 1. The van der Waals surface area contributed by atoms with E-state index in [0.29, 0.717) is 12.2 Å². The second-order valence-corrected chi connectivity index (χ2v) is 10.6. The Bertz CT molecular complexity index is 786. The van der Waals surface area contributed by atoms with Gasteiger partial charge in [-0.05, 0) is 25.0 Å². The molecule has 3 rings (SSSR count). The molecule has 0 amide bonds. The van der Waals surface area contributed by atoms with Gasteiger partial charge in [0.05, 0.1) is 4.92 Å². The lowest BCUT2D eigenvalue weighted by molar-refractivity contribution is -0.386. The highest BCUT2D eigenvalue weighted by Crippen LogP contribution is 2.37. The van der Waals surface area contributed by atoms with Gasteiger partial charge in [0, 0.05) is 42.9 Å². The number of anilines is 1. The standard InChI is InChI=1S/C18H27N3O4S2/c1-27(24,25)16-7-5-6-15(17(16)21(22)23)19-14-18(8-3-2-4-9-18)20-10-12-26-13-11-20/h5-7,19H,2-4,8-14H2,1H3. The SMILES string of the molecule is CS(=O)(=O)c1cccc(NCC2(N3CCSCC3)CCCCC2)c1[N+](=O)[O-]. The van der Waals surface area contributed by atoms with Crippen molar-refractivity contribution in [2.24, 2.45) is 0 Å². The third-order valence-electron chi connectivity index (χ3n) is 5.66. The molecule has 1 aliphatic heterocycles. The van der Waals surface area contributed by atoms with Crippen molar-refractivity contribution in [2.75, 3.05) is 42.7 Å². The van der Waals surface area contributed by atoms with Gasteiger partial charge in [0.25, 0.3) is 0 Å². The van der Waals surface area contributed by atoms with Gasteiger partial charge >= 0.3 is 5.69 Å². The number of nitrogens with one attached hydrogen (secondary N) is 1. The highest BCUT2D eigenvalue weighted by Gasteiger charge is 2.39. The zero-order valence-electron chi connectivity index (χ0n) is 15.6. The molecule has 1 aromatic rings. The molecule has 0 radical (unpaired) electrons. The summed E-state index contributed by atoms with van der Waals surface area (Å²) in [5.74, 6) is 2.23. The van der Waals surface area contributed by atoms with Crippen LogP contribution in [-0.2, 0) is 9.84 Å². The van der Waals surface area contributed by atoms with Crippen LogP contribution in [0.2, 0.25) is 0 Å². The van der Waals surface area contributed by atoms with E-state index in [2.05, 4.69) is 10.2 Å². The molecule has 150 valence electrons. The quantitative estimate of drug-likeness (QED) is 0.565. The fourth-order valence-electron chi connectivity index (χ4n) is 4.26. The molecule has 9 heteroatoms. The first kappa shape index (κ1) is 20.4. The summed E-state index contributed by atoms with van der Waals surface area (Å²) in [6.45, 7) is 2.68. The lowest BCUT2D eigenvalue weighted by Gasteiger charge is -2.48. The largest absolute Gasteiger partial charge is 0.378 e. The summed E-state index contributed by atoms with van der Waals surface area (Å²) in [6.07, 6.45) is 6.71. The van der Waals surface area contributed by atoms with Crippen LogP contribution in [-0.4, -0.2) is 61.2 Å². The van der Waals surface area contributed by atoms with E-state index in [9.17, 15) is 18.5 Å². The number of nitro benzene ring substituents is 1.